The molecule has 6 nitrogen and oxygen atoms in total. The van der Waals surface area contributed by atoms with Gasteiger partial charge in [-0.05, 0) is 31.2 Å². The molecule has 2 amide bonds. The van der Waals surface area contributed by atoms with Crippen LogP contribution in [0.15, 0.2) is 34.9 Å². The number of aromatic nitrogens is 2. The van der Waals surface area contributed by atoms with Crippen molar-refractivity contribution < 1.29 is 9.32 Å². The molecule has 0 aliphatic carbocycles. The Kier molecular flexibility index (Phi) is 4.37. The van der Waals surface area contributed by atoms with Gasteiger partial charge in [0.15, 0.2) is 5.82 Å². The molecule has 0 unspecified atom stereocenters. The molecule has 0 spiro atoms. The van der Waals surface area contributed by atoms with Crippen LogP contribution >= 0.6 is 0 Å². The number of rotatable bonds is 3. The lowest BCUT2D eigenvalue weighted by atomic mass is 9.90. The Bertz CT molecular complexity index is 618. The van der Waals surface area contributed by atoms with Crippen molar-refractivity contribution >= 4 is 6.03 Å². The molecule has 3 rings (SSSR count). The highest BCUT2D eigenvalue weighted by Crippen LogP contribution is 2.27. The van der Waals surface area contributed by atoms with Gasteiger partial charge in [-0.1, -0.05) is 35.5 Å². The van der Waals surface area contributed by atoms with Gasteiger partial charge in [0.1, 0.15) is 0 Å². The minimum atomic E-state index is -0.0673. The number of carbonyl (C=O) groups is 1. The Morgan fingerprint density at radius 1 is 1.32 bits per heavy atom. The number of carbonyl (C=O) groups excluding carboxylic acids is 1. The summed E-state index contributed by atoms with van der Waals surface area (Å²) in [6.45, 7) is 3.57. The van der Waals surface area contributed by atoms with E-state index in [1.165, 1.54) is 5.56 Å². The zero-order valence-electron chi connectivity index (χ0n) is 12.7. The summed E-state index contributed by atoms with van der Waals surface area (Å²) in [5, 5.41) is 6.53. The van der Waals surface area contributed by atoms with Gasteiger partial charge >= 0.3 is 6.03 Å². The summed E-state index contributed by atoms with van der Waals surface area (Å²) >= 11 is 0. The van der Waals surface area contributed by atoms with E-state index in [0.29, 0.717) is 17.6 Å². The van der Waals surface area contributed by atoms with Crippen LogP contribution in [0.3, 0.4) is 0 Å². The van der Waals surface area contributed by atoms with Crippen molar-refractivity contribution in [1.82, 2.24) is 20.4 Å². The molecule has 0 saturated carbocycles. The quantitative estimate of drug-likeness (QED) is 0.945. The average Bonchev–Trinajstić information content (AvgIpc) is 2.99. The van der Waals surface area contributed by atoms with Crippen molar-refractivity contribution in [1.29, 1.82) is 0 Å². The molecule has 1 aromatic carbocycles. The van der Waals surface area contributed by atoms with Gasteiger partial charge in [-0.2, -0.15) is 4.98 Å². The van der Waals surface area contributed by atoms with Crippen molar-refractivity contribution in [2.45, 2.75) is 32.2 Å². The van der Waals surface area contributed by atoms with E-state index in [9.17, 15) is 4.79 Å². The maximum Gasteiger partial charge on any atom is 0.317 e. The van der Waals surface area contributed by atoms with E-state index in [2.05, 4.69) is 39.7 Å². The van der Waals surface area contributed by atoms with Crippen LogP contribution in [-0.2, 0) is 6.54 Å². The molecule has 22 heavy (non-hydrogen) atoms. The smallest absolute Gasteiger partial charge is 0.317 e. The molecule has 2 heterocycles. The molecule has 1 fully saturated rings. The summed E-state index contributed by atoms with van der Waals surface area (Å²) in [6, 6.07) is 10.4. The number of piperidine rings is 1. The molecule has 1 aliphatic heterocycles. The topological polar surface area (TPSA) is 71.3 Å². The molecule has 1 saturated heterocycles. The first-order valence-corrected chi connectivity index (χ1v) is 7.59. The maximum absolute atomic E-state index is 12.1. The highest BCUT2D eigenvalue weighted by atomic mass is 16.5. The summed E-state index contributed by atoms with van der Waals surface area (Å²) in [7, 11) is 0. The van der Waals surface area contributed by atoms with Crippen molar-refractivity contribution in [3.8, 4) is 0 Å². The largest absolute Gasteiger partial charge is 0.337 e. The first-order chi connectivity index (χ1) is 10.7. The second-order valence-corrected chi connectivity index (χ2v) is 5.57. The van der Waals surface area contributed by atoms with Crippen molar-refractivity contribution in [2.75, 3.05) is 13.1 Å². The minimum absolute atomic E-state index is 0.0673. The number of hydrogen-bond acceptors (Lipinski definition) is 4. The Balaban J connectivity index is 1.47. The number of nitrogens with one attached hydrogen (secondary N) is 1. The molecule has 116 valence electrons. The Hall–Kier alpha value is -2.37. The molecule has 0 radical (unpaired) electrons. The van der Waals surface area contributed by atoms with Gasteiger partial charge in [0.25, 0.3) is 0 Å². The molecular formula is C16H20N4O2. The van der Waals surface area contributed by atoms with E-state index >= 15 is 0 Å². The van der Waals surface area contributed by atoms with Gasteiger partial charge in [-0.15, -0.1) is 0 Å². The van der Waals surface area contributed by atoms with Crippen molar-refractivity contribution in [3.63, 3.8) is 0 Å². The SMILES string of the molecule is Cc1noc(CNC(=O)N2CCC(c3ccccc3)CC2)n1. The molecule has 6 heteroatoms. The van der Waals surface area contributed by atoms with E-state index in [4.69, 9.17) is 4.52 Å². The van der Waals surface area contributed by atoms with E-state index in [1.54, 1.807) is 6.92 Å². The average molecular weight is 300 g/mol. The summed E-state index contributed by atoms with van der Waals surface area (Å²) in [5.74, 6) is 1.56. The number of hydrogen-bond donors (Lipinski definition) is 1. The van der Waals surface area contributed by atoms with Gasteiger partial charge in [-0.25, -0.2) is 4.79 Å². The standard InChI is InChI=1S/C16H20N4O2/c1-12-18-15(22-19-12)11-17-16(21)20-9-7-14(8-10-20)13-5-3-2-4-6-13/h2-6,14H,7-11H2,1H3,(H,17,21). The van der Waals surface area contributed by atoms with Crippen LogP contribution < -0.4 is 5.32 Å². The fraction of sp³-hybridized carbons (Fsp3) is 0.438. The zero-order valence-corrected chi connectivity index (χ0v) is 12.7. The van der Waals surface area contributed by atoms with Gasteiger partial charge in [-0.3, -0.25) is 0 Å². The van der Waals surface area contributed by atoms with Crippen molar-refractivity contribution in [2.24, 2.45) is 0 Å². The number of nitrogens with zero attached hydrogens (tertiary/aromatic N) is 3. The third kappa shape index (κ3) is 3.44. The van der Waals surface area contributed by atoms with Gasteiger partial charge in [0, 0.05) is 13.1 Å². The minimum Gasteiger partial charge on any atom is -0.337 e. The lowest BCUT2D eigenvalue weighted by molar-refractivity contribution is 0.179. The van der Waals surface area contributed by atoms with Crippen LogP contribution in [0.1, 0.15) is 36.0 Å². The van der Waals surface area contributed by atoms with Crippen molar-refractivity contribution in [3.05, 3.63) is 47.6 Å². The lowest BCUT2D eigenvalue weighted by Gasteiger charge is -2.32. The van der Waals surface area contributed by atoms with E-state index in [1.807, 2.05) is 11.0 Å². The summed E-state index contributed by atoms with van der Waals surface area (Å²) < 4.78 is 4.98. The van der Waals surface area contributed by atoms with Crippen LogP contribution in [0.4, 0.5) is 4.79 Å². The summed E-state index contributed by atoms with van der Waals surface area (Å²) in [5.41, 5.74) is 1.36. The number of likely N-dealkylation sites (tertiary alicyclic amines) is 1. The van der Waals surface area contributed by atoms with Gasteiger partial charge < -0.3 is 14.7 Å². The Morgan fingerprint density at radius 2 is 2.05 bits per heavy atom. The Morgan fingerprint density at radius 3 is 2.68 bits per heavy atom. The molecule has 1 aromatic heterocycles. The molecule has 1 aliphatic rings. The van der Waals surface area contributed by atoms with Gasteiger partial charge in [0.05, 0.1) is 6.54 Å². The molecule has 0 bridgehead atoms. The van der Waals surface area contributed by atoms with Crippen LogP contribution in [0, 0.1) is 6.92 Å². The molecule has 0 atom stereocenters. The number of benzene rings is 1. The summed E-state index contributed by atoms with van der Waals surface area (Å²) in [6.07, 6.45) is 1.99. The predicted molar refractivity (Wildman–Crippen MR) is 81.3 cm³/mol. The first-order valence-electron chi connectivity index (χ1n) is 7.59. The first kappa shape index (κ1) is 14.6. The van der Waals surface area contributed by atoms with Crippen LogP contribution in [0.25, 0.3) is 0 Å². The Labute approximate surface area is 129 Å². The third-order valence-corrected chi connectivity index (χ3v) is 4.01. The third-order valence-electron chi connectivity index (χ3n) is 4.01. The monoisotopic (exact) mass is 300 g/mol. The second kappa shape index (κ2) is 6.60. The van der Waals surface area contributed by atoms with E-state index in [-0.39, 0.29) is 12.6 Å². The van der Waals surface area contributed by atoms with E-state index in [0.717, 1.165) is 25.9 Å². The van der Waals surface area contributed by atoms with Gasteiger partial charge in [0.2, 0.25) is 5.89 Å². The summed E-state index contributed by atoms with van der Waals surface area (Å²) in [4.78, 5) is 18.1. The maximum atomic E-state index is 12.1. The van der Waals surface area contributed by atoms with Crippen LogP contribution in [0.5, 0.6) is 0 Å². The number of amides is 2. The normalized spacial score (nSPS) is 15.8. The van der Waals surface area contributed by atoms with Crippen LogP contribution in [-0.4, -0.2) is 34.2 Å². The highest BCUT2D eigenvalue weighted by Gasteiger charge is 2.23. The predicted octanol–water partition coefficient (Wildman–Crippen LogP) is 2.47. The molecule has 1 N–H and O–H groups in total. The molecule has 2 aromatic rings. The zero-order chi connectivity index (χ0) is 15.4. The lowest BCUT2D eigenvalue weighted by Crippen LogP contribution is -2.43. The molecular weight excluding hydrogens is 280 g/mol. The number of urea groups is 1. The fourth-order valence-electron chi connectivity index (χ4n) is 2.82. The fourth-order valence-corrected chi connectivity index (χ4v) is 2.82. The highest BCUT2D eigenvalue weighted by molar-refractivity contribution is 5.74. The van der Waals surface area contributed by atoms with Crippen LogP contribution in [0.2, 0.25) is 0 Å². The van der Waals surface area contributed by atoms with E-state index < -0.39 is 0 Å². The number of aryl methyl sites for hydroxylation is 1. The second-order valence-electron chi connectivity index (χ2n) is 5.57.